The first kappa shape index (κ1) is 18.7. The van der Waals surface area contributed by atoms with Crippen molar-refractivity contribution in [1.82, 2.24) is 20.4 Å². The molecule has 134 valence electrons. The highest BCUT2D eigenvalue weighted by Crippen LogP contribution is 2.16. The van der Waals surface area contributed by atoms with E-state index in [0.29, 0.717) is 5.92 Å². The van der Waals surface area contributed by atoms with Gasteiger partial charge in [0.05, 0.1) is 0 Å². The third-order valence-electron chi connectivity index (χ3n) is 4.45. The fourth-order valence-electron chi connectivity index (χ4n) is 2.76. The summed E-state index contributed by atoms with van der Waals surface area (Å²) >= 11 is 1.74. The molecule has 1 saturated heterocycles. The van der Waals surface area contributed by atoms with Gasteiger partial charge >= 0.3 is 0 Å². The maximum Gasteiger partial charge on any atom is 0.219 e. The van der Waals surface area contributed by atoms with Crippen LogP contribution < -0.4 is 10.6 Å². The zero-order chi connectivity index (χ0) is 17.4. The lowest BCUT2D eigenvalue weighted by Crippen LogP contribution is -2.50. The molecule has 24 heavy (non-hydrogen) atoms. The first-order chi connectivity index (χ1) is 11.6. The average molecular weight is 352 g/mol. The standard InChI is InChI=1S/C17H29N5OS/c1-14(16-4-11-24-13-16)12-20-17(18-3)19-5-6-21-7-9-22(10-8-21)15(2)23/h4,11,13-14H,5-10,12H2,1-3H3,(H2,18,19,20). The lowest BCUT2D eigenvalue weighted by atomic mass is 10.1. The van der Waals surface area contributed by atoms with Gasteiger partial charge in [0.15, 0.2) is 5.96 Å². The lowest BCUT2D eigenvalue weighted by molar-refractivity contribution is -0.130. The number of amides is 1. The average Bonchev–Trinajstić information content (AvgIpc) is 3.12. The fourth-order valence-corrected chi connectivity index (χ4v) is 3.54. The van der Waals surface area contributed by atoms with E-state index in [1.54, 1.807) is 25.3 Å². The topological polar surface area (TPSA) is 60.0 Å². The van der Waals surface area contributed by atoms with Gasteiger partial charge in [-0.1, -0.05) is 6.92 Å². The zero-order valence-electron chi connectivity index (χ0n) is 14.9. The van der Waals surface area contributed by atoms with Crippen molar-refractivity contribution in [2.75, 3.05) is 52.9 Å². The molecule has 7 heteroatoms. The number of piperazine rings is 1. The quantitative estimate of drug-likeness (QED) is 0.597. The van der Waals surface area contributed by atoms with Crippen molar-refractivity contribution in [3.63, 3.8) is 0 Å². The molecule has 0 spiro atoms. The molecule has 0 bridgehead atoms. The van der Waals surface area contributed by atoms with Crippen molar-refractivity contribution in [3.8, 4) is 0 Å². The van der Waals surface area contributed by atoms with Gasteiger partial charge in [-0.3, -0.25) is 14.7 Å². The Balaban J connectivity index is 1.63. The molecule has 1 aromatic heterocycles. The molecular formula is C17H29N5OS. The van der Waals surface area contributed by atoms with Crippen LogP contribution in [-0.4, -0.2) is 74.5 Å². The van der Waals surface area contributed by atoms with E-state index in [1.807, 2.05) is 4.90 Å². The van der Waals surface area contributed by atoms with Gasteiger partial charge < -0.3 is 15.5 Å². The Morgan fingerprint density at radius 3 is 2.67 bits per heavy atom. The number of hydrogen-bond donors (Lipinski definition) is 2. The van der Waals surface area contributed by atoms with Gasteiger partial charge in [0.1, 0.15) is 0 Å². The largest absolute Gasteiger partial charge is 0.356 e. The molecule has 1 aliphatic rings. The predicted molar refractivity (Wildman–Crippen MR) is 101 cm³/mol. The van der Waals surface area contributed by atoms with Gasteiger partial charge in [-0.05, 0) is 28.3 Å². The van der Waals surface area contributed by atoms with E-state index in [-0.39, 0.29) is 5.91 Å². The number of carbonyl (C=O) groups excluding carboxylic acids is 1. The van der Waals surface area contributed by atoms with Crippen molar-refractivity contribution in [3.05, 3.63) is 22.4 Å². The monoisotopic (exact) mass is 351 g/mol. The van der Waals surface area contributed by atoms with Crippen molar-refractivity contribution < 1.29 is 4.79 Å². The number of carbonyl (C=O) groups is 1. The molecule has 2 heterocycles. The van der Waals surface area contributed by atoms with Gasteiger partial charge in [-0.2, -0.15) is 11.3 Å². The minimum atomic E-state index is 0.178. The normalized spacial score (nSPS) is 17.6. The highest BCUT2D eigenvalue weighted by atomic mass is 32.1. The summed E-state index contributed by atoms with van der Waals surface area (Å²) in [6.45, 7) is 10.1. The van der Waals surface area contributed by atoms with Crippen molar-refractivity contribution in [2.24, 2.45) is 4.99 Å². The van der Waals surface area contributed by atoms with E-state index in [2.05, 4.69) is 44.3 Å². The second-order valence-electron chi connectivity index (χ2n) is 6.19. The summed E-state index contributed by atoms with van der Waals surface area (Å²) in [4.78, 5) is 19.9. The van der Waals surface area contributed by atoms with Gasteiger partial charge in [-0.25, -0.2) is 0 Å². The molecule has 1 unspecified atom stereocenters. The molecule has 6 nitrogen and oxygen atoms in total. The lowest BCUT2D eigenvalue weighted by Gasteiger charge is -2.34. The molecule has 1 atom stereocenters. The van der Waals surface area contributed by atoms with Crippen LogP contribution in [0.3, 0.4) is 0 Å². The molecule has 1 aliphatic heterocycles. The molecular weight excluding hydrogens is 322 g/mol. The number of nitrogens with zero attached hydrogens (tertiary/aromatic N) is 3. The van der Waals surface area contributed by atoms with Crippen LogP contribution in [-0.2, 0) is 4.79 Å². The Morgan fingerprint density at radius 2 is 2.08 bits per heavy atom. The summed E-state index contributed by atoms with van der Waals surface area (Å²) < 4.78 is 0. The minimum absolute atomic E-state index is 0.178. The van der Waals surface area contributed by atoms with E-state index < -0.39 is 0 Å². The number of thiophene rings is 1. The van der Waals surface area contributed by atoms with Crippen LogP contribution in [0.5, 0.6) is 0 Å². The summed E-state index contributed by atoms with van der Waals surface area (Å²) in [5.74, 6) is 1.49. The summed E-state index contributed by atoms with van der Waals surface area (Å²) in [6.07, 6.45) is 0. The highest BCUT2D eigenvalue weighted by molar-refractivity contribution is 7.07. The van der Waals surface area contributed by atoms with Gasteiger partial charge in [0, 0.05) is 59.8 Å². The molecule has 1 aromatic rings. The Morgan fingerprint density at radius 1 is 1.33 bits per heavy atom. The maximum atomic E-state index is 11.3. The second-order valence-corrected chi connectivity index (χ2v) is 6.97. The van der Waals surface area contributed by atoms with E-state index in [9.17, 15) is 4.79 Å². The molecule has 1 amide bonds. The number of rotatable bonds is 6. The predicted octanol–water partition coefficient (Wildman–Crippen LogP) is 1.18. The van der Waals surface area contributed by atoms with Gasteiger partial charge in [-0.15, -0.1) is 0 Å². The van der Waals surface area contributed by atoms with Crippen LogP contribution in [0.25, 0.3) is 0 Å². The minimum Gasteiger partial charge on any atom is -0.356 e. The zero-order valence-corrected chi connectivity index (χ0v) is 15.7. The number of nitrogens with one attached hydrogen (secondary N) is 2. The smallest absolute Gasteiger partial charge is 0.219 e. The molecule has 0 radical (unpaired) electrons. The highest BCUT2D eigenvalue weighted by Gasteiger charge is 2.17. The molecule has 2 N–H and O–H groups in total. The Labute approximate surface area is 148 Å². The van der Waals surface area contributed by atoms with Crippen LogP contribution in [0.15, 0.2) is 21.8 Å². The van der Waals surface area contributed by atoms with Crippen molar-refractivity contribution in [1.29, 1.82) is 0 Å². The summed E-state index contributed by atoms with van der Waals surface area (Å²) in [5, 5.41) is 11.1. The summed E-state index contributed by atoms with van der Waals surface area (Å²) in [7, 11) is 1.80. The van der Waals surface area contributed by atoms with E-state index in [4.69, 9.17) is 0 Å². The number of aliphatic imine (C=N–C) groups is 1. The Kier molecular flexibility index (Phi) is 7.52. The molecule has 0 aromatic carbocycles. The van der Waals surface area contributed by atoms with Crippen molar-refractivity contribution in [2.45, 2.75) is 19.8 Å². The van der Waals surface area contributed by atoms with Gasteiger partial charge in [0.25, 0.3) is 0 Å². The molecule has 0 aliphatic carbocycles. The Hall–Kier alpha value is -1.60. The SMILES string of the molecule is CN=C(NCCN1CCN(C(C)=O)CC1)NCC(C)c1ccsc1. The number of guanidine groups is 1. The first-order valence-corrected chi connectivity index (χ1v) is 9.49. The van der Waals surface area contributed by atoms with E-state index in [0.717, 1.165) is 51.8 Å². The van der Waals surface area contributed by atoms with Crippen LogP contribution in [0, 0.1) is 0 Å². The second kappa shape index (κ2) is 9.64. The van der Waals surface area contributed by atoms with E-state index >= 15 is 0 Å². The molecule has 1 fully saturated rings. The first-order valence-electron chi connectivity index (χ1n) is 8.54. The van der Waals surface area contributed by atoms with E-state index in [1.165, 1.54) is 5.56 Å². The van der Waals surface area contributed by atoms with Crippen LogP contribution in [0.1, 0.15) is 25.3 Å². The summed E-state index contributed by atoms with van der Waals surface area (Å²) in [6, 6.07) is 2.17. The molecule has 0 saturated carbocycles. The maximum absolute atomic E-state index is 11.3. The third kappa shape index (κ3) is 5.79. The molecule has 2 rings (SSSR count). The number of hydrogen-bond acceptors (Lipinski definition) is 4. The van der Waals surface area contributed by atoms with Crippen molar-refractivity contribution >= 4 is 23.2 Å². The third-order valence-corrected chi connectivity index (χ3v) is 5.15. The van der Waals surface area contributed by atoms with Gasteiger partial charge in [0.2, 0.25) is 5.91 Å². The Bertz CT molecular complexity index is 523. The fraction of sp³-hybridized carbons (Fsp3) is 0.647. The summed E-state index contributed by atoms with van der Waals surface area (Å²) in [5.41, 5.74) is 1.37. The van der Waals surface area contributed by atoms with Crippen LogP contribution >= 0.6 is 11.3 Å². The van der Waals surface area contributed by atoms with Crippen LogP contribution in [0.4, 0.5) is 0 Å². The van der Waals surface area contributed by atoms with Crippen LogP contribution in [0.2, 0.25) is 0 Å².